The SMILES string of the molecule is CCCCN1C(=O)/C(=C/C=C2/N(C)c3ccccc3C2(C)C)SC1=S. The molecule has 1 saturated heterocycles. The van der Waals surface area contributed by atoms with Gasteiger partial charge in [0.1, 0.15) is 4.32 Å². The van der Waals surface area contributed by atoms with Gasteiger partial charge >= 0.3 is 0 Å². The number of amides is 1. The van der Waals surface area contributed by atoms with Crippen LogP contribution in [0.3, 0.4) is 0 Å². The molecule has 0 aromatic heterocycles. The Morgan fingerprint density at radius 2 is 1.96 bits per heavy atom. The van der Waals surface area contributed by atoms with Crippen molar-refractivity contribution in [3.05, 3.63) is 52.6 Å². The molecule has 2 aliphatic rings. The van der Waals surface area contributed by atoms with E-state index in [4.69, 9.17) is 12.2 Å². The van der Waals surface area contributed by atoms with Crippen LogP contribution in [0.5, 0.6) is 0 Å². The molecule has 0 bridgehead atoms. The number of allylic oxidation sites excluding steroid dienone is 3. The first-order chi connectivity index (χ1) is 11.9. The van der Waals surface area contributed by atoms with E-state index >= 15 is 0 Å². The number of carbonyl (C=O) groups excluding carboxylic acids is 1. The van der Waals surface area contributed by atoms with E-state index in [1.807, 2.05) is 6.08 Å². The third-order valence-corrected chi connectivity index (χ3v) is 6.34. The number of thiocarbonyl (C=S) groups is 1. The van der Waals surface area contributed by atoms with Crippen LogP contribution in [0, 0.1) is 0 Å². The first-order valence-corrected chi connectivity index (χ1v) is 9.89. The number of hydrogen-bond donors (Lipinski definition) is 0. The highest BCUT2D eigenvalue weighted by Gasteiger charge is 2.38. The zero-order chi connectivity index (χ0) is 18.2. The van der Waals surface area contributed by atoms with Crippen LogP contribution in [0.15, 0.2) is 47.0 Å². The van der Waals surface area contributed by atoms with Crippen LogP contribution in [-0.2, 0) is 10.2 Å². The number of thioether (sulfide) groups is 1. The van der Waals surface area contributed by atoms with Crippen molar-refractivity contribution in [1.82, 2.24) is 4.90 Å². The molecule has 0 saturated carbocycles. The molecule has 1 aromatic carbocycles. The van der Waals surface area contributed by atoms with Crippen molar-refractivity contribution in [3.63, 3.8) is 0 Å². The Hall–Kier alpha value is -1.59. The second-order valence-corrected chi connectivity index (χ2v) is 8.64. The molecule has 25 heavy (non-hydrogen) atoms. The largest absolute Gasteiger partial charge is 0.347 e. The summed E-state index contributed by atoms with van der Waals surface area (Å²) in [5, 5.41) is 0. The Bertz CT molecular complexity index is 780. The topological polar surface area (TPSA) is 23.6 Å². The van der Waals surface area contributed by atoms with Crippen molar-refractivity contribution in [2.75, 3.05) is 18.5 Å². The Labute approximate surface area is 159 Å². The minimum Gasteiger partial charge on any atom is -0.347 e. The summed E-state index contributed by atoms with van der Waals surface area (Å²) in [6.45, 7) is 7.28. The fraction of sp³-hybridized carbons (Fsp3) is 0.400. The Kier molecular flexibility index (Phi) is 5.07. The molecule has 1 fully saturated rings. The molecule has 1 aromatic rings. The average Bonchev–Trinajstić information content (AvgIpc) is 2.96. The number of benzene rings is 1. The number of unbranched alkanes of at least 4 members (excludes halogenated alkanes) is 1. The molecule has 3 rings (SSSR count). The van der Waals surface area contributed by atoms with Gasteiger partial charge in [0.2, 0.25) is 0 Å². The Morgan fingerprint density at radius 1 is 1.24 bits per heavy atom. The van der Waals surface area contributed by atoms with Gasteiger partial charge in [-0.1, -0.05) is 69.4 Å². The number of carbonyl (C=O) groups is 1. The minimum absolute atomic E-state index is 0.0382. The maximum atomic E-state index is 12.6. The van der Waals surface area contributed by atoms with Gasteiger partial charge in [-0.2, -0.15) is 0 Å². The van der Waals surface area contributed by atoms with Crippen LogP contribution in [0.25, 0.3) is 0 Å². The van der Waals surface area contributed by atoms with Crippen LogP contribution in [0.2, 0.25) is 0 Å². The lowest BCUT2D eigenvalue weighted by Gasteiger charge is -2.23. The second-order valence-electron chi connectivity index (χ2n) is 6.96. The Morgan fingerprint density at radius 3 is 2.64 bits per heavy atom. The first kappa shape index (κ1) is 18.2. The molecule has 0 radical (unpaired) electrons. The highest BCUT2D eigenvalue weighted by Crippen LogP contribution is 2.46. The number of likely N-dealkylation sites (N-methyl/N-ethyl adjacent to an activating group) is 1. The molecule has 0 unspecified atom stereocenters. The van der Waals surface area contributed by atoms with Gasteiger partial charge in [0.15, 0.2) is 0 Å². The normalized spacial score (nSPS) is 22.4. The van der Waals surface area contributed by atoms with Gasteiger partial charge in [-0.25, -0.2) is 0 Å². The van der Waals surface area contributed by atoms with Crippen molar-refractivity contribution >= 4 is 39.9 Å². The lowest BCUT2D eigenvalue weighted by Crippen LogP contribution is -2.28. The van der Waals surface area contributed by atoms with Crippen molar-refractivity contribution in [2.24, 2.45) is 0 Å². The van der Waals surface area contributed by atoms with Gasteiger partial charge in [-0.05, 0) is 30.2 Å². The summed E-state index contributed by atoms with van der Waals surface area (Å²) in [6.07, 6.45) is 6.04. The third kappa shape index (κ3) is 3.15. The van der Waals surface area contributed by atoms with Crippen LogP contribution >= 0.6 is 24.0 Å². The predicted molar refractivity (Wildman–Crippen MR) is 111 cm³/mol. The van der Waals surface area contributed by atoms with Crippen LogP contribution in [0.4, 0.5) is 5.69 Å². The van der Waals surface area contributed by atoms with E-state index in [-0.39, 0.29) is 11.3 Å². The van der Waals surface area contributed by atoms with Gasteiger partial charge in [-0.3, -0.25) is 9.69 Å². The molecule has 1 amide bonds. The van der Waals surface area contributed by atoms with E-state index in [1.54, 1.807) is 4.90 Å². The average molecular weight is 373 g/mol. The molecule has 0 atom stereocenters. The third-order valence-electron chi connectivity index (χ3n) is 4.94. The number of fused-ring (bicyclic) bond motifs is 1. The smallest absolute Gasteiger partial charge is 0.266 e. The number of nitrogens with zero attached hydrogens (tertiary/aromatic N) is 2. The number of anilines is 1. The van der Waals surface area contributed by atoms with Gasteiger partial charge in [0.05, 0.1) is 4.91 Å². The van der Waals surface area contributed by atoms with E-state index in [0.29, 0.717) is 15.8 Å². The van der Waals surface area contributed by atoms with Gasteiger partial charge in [0, 0.05) is 30.4 Å². The number of para-hydroxylation sites is 1. The summed E-state index contributed by atoms with van der Waals surface area (Å²) in [7, 11) is 2.08. The molecular weight excluding hydrogens is 348 g/mol. The lowest BCUT2D eigenvalue weighted by atomic mass is 9.84. The molecule has 0 aliphatic carbocycles. The van der Waals surface area contributed by atoms with Crippen LogP contribution in [-0.4, -0.2) is 28.7 Å². The monoisotopic (exact) mass is 372 g/mol. The standard InChI is InChI=1S/C20H24N2OS2/c1-5-6-13-22-18(23)16(25-19(22)24)11-12-17-20(2,3)14-9-7-8-10-15(14)21(17)4/h7-12H,5-6,13H2,1-4H3/b16-11-,17-12+. The predicted octanol–water partition coefficient (Wildman–Crippen LogP) is 4.84. The highest BCUT2D eigenvalue weighted by atomic mass is 32.2. The molecule has 5 heteroatoms. The van der Waals surface area contributed by atoms with Gasteiger partial charge in [0.25, 0.3) is 5.91 Å². The first-order valence-electron chi connectivity index (χ1n) is 8.67. The zero-order valence-corrected chi connectivity index (χ0v) is 16.8. The number of hydrogen-bond acceptors (Lipinski definition) is 4. The van der Waals surface area contributed by atoms with Crippen LogP contribution < -0.4 is 4.90 Å². The molecule has 2 aliphatic heterocycles. The van der Waals surface area contributed by atoms with Crippen molar-refractivity contribution in [2.45, 2.75) is 39.0 Å². The minimum atomic E-state index is -0.0862. The molecule has 132 valence electrons. The fourth-order valence-corrected chi connectivity index (χ4v) is 4.73. The van der Waals surface area contributed by atoms with Crippen molar-refractivity contribution in [1.29, 1.82) is 0 Å². The quantitative estimate of drug-likeness (QED) is 0.557. The maximum Gasteiger partial charge on any atom is 0.266 e. The fourth-order valence-electron chi connectivity index (χ4n) is 3.48. The van der Waals surface area contributed by atoms with Gasteiger partial charge in [-0.15, -0.1) is 0 Å². The summed E-state index contributed by atoms with van der Waals surface area (Å²) in [5.74, 6) is 0.0382. The maximum absolute atomic E-state index is 12.6. The zero-order valence-electron chi connectivity index (χ0n) is 15.2. The van der Waals surface area contributed by atoms with E-state index in [0.717, 1.165) is 12.8 Å². The molecule has 2 heterocycles. The van der Waals surface area contributed by atoms with Crippen molar-refractivity contribution < 1.29 is 4.79 Å². The summed E-state index contributed by atoms with van der Waals surface area (Å²) >= 11 is 6.78. The highest BCUT2D eigenvalue weighted by molar-refractivity contribution is 8.26. The molecule has 0 spiro atoms. The summed E-state index contributed by atoms with van der Waals surface area (Å²) in [6, 6.07) is 8.46. The number of rotatable bonds is 4. The lowest BCUT2D eigenvalue weighted by molar-refractivity contribution is -0.122. The summed E-state index contributed by atoms with van der Waals surface area (Å²) in [4.78, 5) is 17.3. The Balaban J connectivity index is 1.88. The summed E-state index contributed by atoms with van der Waals surface area (Å²) in [5.41, 5.74) is 3.64. The van der Waals surface area contributed by atoms with Crippen molar-refractivity contribution in [3.8, 4) is 0 Å². The molecular formula is C20H24N2OS2. The van der Waals surface area contributed by atoms with Gasteiger partial charge < -0.3 is 4.90 Å². The van der Waals surface area contributed by atoms with E-state index in [9.17, 15) is 4.79 Å². The van der Waals surface area contributed by atoms with Crippen LogP contribution in [0.1, 0.15) is 39.2 Å². The molecule has 0 N–H and O–H groups in total. The van der Waals surface area contributed by atoms with E-state index in [2.05, 4.69) is 63.1 Å². The van der Waals surface area contributed by atoms with E-state index < -0.39 is 0 Å². The van der Waals surface area contributed by atoms with E-state index in [1.165, 1.54) is 28.7 Å². The summed E-state index contributed by atoms with van der Waals surface area (Å²) < 4.78 is 0.672. The molecule has 3 nitrogen and oxygen atoms in total. The second kappa shape index (κ2) is 6.96.